The number of carbonyl (C=O) groups excluding carboxylic acids is 1. The Labute approximate surface area is 120 Å². The number of rotatable bonds is 2. The first kappa shape index (κ1) is 14.4. The van der Waals surface area contributed by atoms with E-state index in [2.05, 4.69) is 6.92 Å². The maximum Gasteiger partial charge on any atom is 0.253 e. The van der Waals surface area contributed by atoms with Gasteiger partial charge in [0.1, 0.15) is 0 Å². The van der Waals surface area contributed by atoms with Gasteiger partial charge in [-0.2, -0.15) is 0 Å². The van der Waals surface area contributed by atoms with E-state index in [-0.39, 0.29) is 11.3 Å². The largest absolute Gasteiger partial charge is 0.339 e. The predicted octanol–water partition coefficient (Wildman–Crippen LogP) is 3.78. The van der Waals surface area contributed by atoms with Gasteiger partial charge in [-0.05, 0) is 62.8 Å². The molecule has 0 N–H and O–H groups in total. The molecular formula is C16H22ClNO. The Bertz CT molecular complexity index is 462. The normalized spacial score (nSPS) is 18.4. The summed E-state index contributed by atoms with van der Waals surface area (Å²) in [6.45, 7) is 7.82. The van der Waals surface area contributed by atoms with Gasteiger partial charge in [-0.25, -0.2) is 0 Å². The molecule has 104 valence electrons. The van der Waals surface area contributed by atoms with Gasteiger partial charge < -0.3 is 4.90 Å². The first-order chi connectivity index (χ1) is 8.99. The van der Waals surface area contributed by atoms with Crippen molar-refractivity contribution in [1.29, 1.82) is 0 Å². The van der Waals surface area contributed by atoms with Gasteiger partial charge in [-0.3, -0.25) is 4.79 Å². The van der Waals surface area contributed by atoms with Crippen LogP contribution >= 0.6 is 11.6 Å². The van der Waals surface area contributed by atoms with Gasteiger partial charge in [0.25, 0.3) is 5.91 Å². The number of carbonyl (C=O) groups is 1. The van der Waals surface area contributed by atoms with E-state index in [1.54, 1.807) is 0 Å². The highest BCUT2D eigenvalue weighted by Crippen LogP contribution is 2.25. The lowest BCUT2D eigenvalue weighted by molar-refractivity contribution is 0.0690. The summed E-state index contributed by atoms with van der Waals surface area (Å²) in [6.07, 6.45) is 2.03. The number of nitrogens with zero attached hydrogens (tertiary/aromatic N) is 1. The van der Waals surface area contributed by atoms with Gasteiger partial charge in [0.05, 0.1) is 0 Å². The number of aryl methyl sites for hydroxylation is 2. The van der Waals surface area contributed by atoms with Crippen molar-refractivity contribution in [3.8, 4) is 0 Å². The van der Waals surface area contributed by atoms with Crippen molar-refractivity contribution in [3.05, 3.63) is 34.9 Å². The molecule has 1 unspecified atom stereocenters. The molecule has 1 fully saturated rings. The highest BCUT2D eigenvalue weighted by Gasteiger charge is 2.26. The van der Waals surface area contributed by atoms with Gasteiger partial charge in [0.15, 0.2) is 0 Å². The minimum Gasteiger partial charge on any atom is -0.339 e. The summed E-state index contributed by atoms with van der Waals surface area (Å²) in [4.78, 5) is 14.4. The lowest BCUT2D eigenvalue weighted by Gasteiger charge is -2.33. The molecule has 1 aromatic rings. The van der Waals surface area contributed by atoms with Crippen LogP contribution in [-0.2, 0) is 0 Å². The van der Waals surface area contributed by atoms with Crippen molar-refractivity contribution in [1.82, 2.24) is 4.90 Å². The van der Waals surface area contributed by atoms with Crippen LogP contribution < -0.4 is 0 Å². The smallest absolute Gasteiger partial charge is 0.253 e. The summed E-state index contributed by atoms with van der Waals surface area (Å²) in [5, 5.41) is 0.207. The lowest BCUT2D eigenvalue weighted by Crippen LogP contribution is -2.40. The summed E-state index contributed by atoms with van der Waals surface area (Å²) in [5.74, 6) is 0.703. The number of hydrogen-bond donors (Lipinski definition) is 0. The number of piperidine rings is 1. The van der Waals surface area contributed by atoms with Crippen LogP contribution in [0.25, 0.3) is 0 Å². The third-order valence-corrected chi connectivity index (χ3v) is 4.59. The molecular weight excluding hydrogens is 258 g/mol. The topological polar surface area (TPSA) is 20.3 Å². The Balaban J connectivity index is 2.03. The van der Waals surface area contributed by atoms with Crippen LogP contribution in [0.1, 0.15) is 41.3 Å². The van der Waals surface area contributed by atoms with Crippen LogP contribution in [0.5, 0.6) is 0 Å². The van der Waals surface area contributed by atoms with Crippen LogP contribution in [0, 0.1) is 19.8 Å². The number of alkyl halides is 1. The third-order valence-electron chi connectivity index (χ3n) is 4.23. The number of benzene rings is 1. The Morgan fingerprint density at radius 3 is 2.42 bits per heavy atom. The Morgan fingerprint density at radius 2 is 1.89 bits per heavy atom. The second-order valence-electron chi connectivity index (χ2n) is 5.61. The molecule has 0 aromatic heterocycles. The zero-order chi connectivity index (χ0) is 14.0. The Kier molecular flexibility index (Phi) is 4.51. The van der Waals surface area contributed by atoms with E-state index < -0.39 is 0 Å². The van der Waals surface area contributed by atoms with Crippen LogP contribution in [0.15, 0.2) is 18.2 Å². The molecule has 3 heteroatoms. The zero-order valence-electron chi connectivity index (χ0n) is 11.9. The number of amides is 1. The average molecular weight is 280 g/mol. The van der Waals surface area contributed by atoms with Crippen LogP contribution in [0.4, 0.5) is 0 Å². The zero-order valence-corrected chi connectivity index (χ0v) is 12.7. The molecule has 1 atom stereocenters. The lowest BCUT2D eigenvalue weighted by atomic mass is 9.93. The monoisotopic (exact) mass is 279 g/mol. The van der Waals surface area contributed by atoms with Crippen LogP contribution in [0.3, 0.4) is 0 Å². The molecule has 0 aliphatic carbocycles. The molecule has 0 bridgehead atoms. The molecule has 1 aromatic carbocycles. The summed E-state index contributed by atoms with van der Waals surface area (Å²) in [6, 6.07) is 5.95. The van der Waals surface area contributed by atoms with Crippen molar-refractivity contribution >= 4 is 17.5 Å². The molecule has 1 saturated heterocycles. The maximum atomic E-state index is 12.4. The molecule has 1 heterocycles. The van der Waals surface area contributed by atoms with E-state index in [0.29, 0.717) is 5.92 Å². The fourth-order valence-electron chi connectivity index (χ4n) is 2.62. The highest BCUT2D eigenvalue weighted by molar-refractivity contribution is 6.20. The van der Waals surface area contributed by atoms with Gasteiger partial charge in [-0.15, -0.1) is 11.6 Å². The first-order valence-corrected chi connectivity index (χ1v) is 7.43. The van der Waals surface area contributed by atoms with E-state index in [9.17, 15) is 4.79 Å². The standard InChI is InChI=1S/C16H22ClNO/c1-11-4-5-15(10-12(11)2)16(19)18-8-6-14(7-9-18)13(3)17/h4-5,10,13-14H,6-9H2,1-3H3. The second kappa shape index (κ2) is 5.96. The molecule has 19 heavy (non-hydrogen) atoms. The van der Waals surface area contributed by atoms with Crippen molar-refractivity contribution in [2.45, 2.75) is 39.0 Å². The van der Waals surface area contributed by atoms with Gasteiger partial charge >= 0.3 is 0 Å². The molecule has 1 aliphatic rings. The third kappa shape index (κ3) is 3.30. The highest BCUT2D eigenvalue weighted by atomic mass is 35.5. The molecule has 0 spiro atoms. The van der Waals surface area contributed by atoms with Gasteiger partial charge in [-0.1, -0.05) is 6.07 Å². The van der Waals surface area contributed by atoms with Crippen molar-refractivity contribution in [3.63, 3.8) is 0 Å². The predicted molar refractivity (Wildman–Crippen MR) is 79.9 cm³/mol. The minimum atomic E-state index is 0.156. The summed E-state index contributed by atoms with van der Waals surface area (Å²) in [5.41, 5.74) is 3.21. The number of hydrogen-bond acceptors (Lipinski definition) is 1. The van der Waals surface area contributed by atoms with Crippen LogP contribution in [0.2, 0.25) is 0 Å². The van der Waals surface area contributed by atoms with Crippen LogP contribution in [-0.4, -0.2) is 29.3 Å². The fourth-order valence-corrected chi connectivity index (χ4v) is 2.87. The summed E-state index contributed by atoms with van der Waals surface area (Å²) < 4.78 is 0. The SMILES string of the molecule is Cc1ccc(C(=O)N2CCC(C(C)Cl)CC2)cc1C. The second-order valence-corrected chi connectivity index (χ2v) is 6.29. The first-order valence-electron chi connectivity index (χ1n) is 6.99. The summed E-state index contributed by atoms with van der Waals surface area (Å²) in [7, 11) is 0. The number of likely N-dealkylation sites (tertiary alicyclic amines) is 1. The molecule has 0 radical (unpaired) electrons. The molecule has 1 amide bonds. The van der Waals surface area contributed by atoms with Gasteiger partial charge in [0.2, 0.25) is 0 Å². The van der Waals surface area contributed by atoms with E-state index >= 15 is 0 Å². The molecule has 0 saturated carbocycles. The molecule has 2 nitrogen and oxygen atoms in total. The van der Waals surface area contributed by atoms with Crippen molar-refractivity contribution < 1.29 is 4.79 Å². The number of halogens is 1. The van der Waals surface area contributed by atoms with E-state index in [1.807, 2.05) is 36.9 Å². The van der Waals surface area contributed by atoms with Gasteiger partial charge in [0, 0.05) is 24.0 Å². The van der Waals surface area contributed by atoms with Crippen molar-refractivity contribution in [2.24, 2.45) is 5.92 Å². The Morgan fingerprint density at radius 1 is 1.26 bits per heavy atom. The molecule has 2 rings (SSSR count). The Hall–Kier alpha value is -1.02. The quantitative estimate of drug-likeness (QED) is 0.755. The minimum absolute atomic E-state index is 0.156. The van der Waals surface area contributed by atoms with E-state index in [0.717, 1.165) is 31.5 Å². The molecule has 1 aliphatic heterocycles. The van der Waals surface area contributed by atoms with Crippen molar-refractivity contribution in [2.75, 3.05) is 13.1 Å². The maximum absolute atomic E-state index is 12.4. The summed E-state index contributed by atoms with van der Waals surface area (Å²) >= 11 is 6.14. The van der Waals surface area contributed by atoms with E-state index in [4.69, 9.17) is 11.6 Å². The average Bonchev–Trinajstić information content (AvgIpc) is 2.41. The fraction of sp³-hybridized carbons (Fsp3) is 0.562. The van der Waals surface area contributed by atoms with E-state index in [1.165, 1.54) is 11.1 Å².